The molecule has 10 heteroatoms. The van der Waals surface area contributed by atoms with Crippen LogP contribution < -0.4 is 14.8 Å². The zero-order valence-corrected chi connectivity index (χ0v) is 21.2. The molecule has 192 valence electrons. The molecule has 0 fully saturated rings. The minimum absolute atomic E-state index is 0.268. The number of rotatable bonds is 6. The molecular weight excluding hydrogens is 531 g/mol. The van der Waals surface area contributed by atoms with Crippen molar-refractivity contribution in [3.8, 4) is 28.5 Å². The first-order valence-corrected chi connectivity index (χ1v) is 12.3. The Morgan fingerprint density at radius 1 is 1.00 bits per heavy atom. The molecule has 0 spiro atoms. The van der Waals surface area contributed by atoms with Gasteiger partial charge in [-0.05, 0) is 54.6 Å². The highest BCUT2D eigenvalue weighted by atomic mass is 35.5. The summed E-state index contributed by atoms with van der Waals surface area (Å²) >= 11 is 12.3. The molecule has 0 bridgehead atoms. The first kappa shape index (κ1) is 25.4. The van der Waals surface area contributed by atoms with E-state index in [1.54, 1.807) is 60.8 Å². The predicted octanol–water partition coefficient (Wildman–Crippen LogP) is 7.62. The summed E-state index contributed by atoms with van der Waals surface area (Å²) < 4.78 is 16.5. The standard InChI is InChI=1S/C28H20Cl2N2O6/c29-18-5-1-16(2-6-18)23-10-7-19(15-31-23)32-27(33)17-3-8-20(9-4-17)37-26-14-25-21(13-22(26)30)24(11-12-36-25)38-28(34)35/h1-10,13-15,24H,11-12H2,(H,32,33)(H,34,35). The summed E-state index contributed by atoms with van der Waals surface area (Å²) in [4.78, 5) is 28.1. The molecule has 0 saturated heterocycles. The number of halogens is 2. The summed E-state index contributed by atoms with van der Waals surface area (Å²) in [5.74, 6) is 0.910. The van der Waals surface area contributed by atoms with Gasteiger partial charge in [0, 0.05) is 34.2 Å². The van der Waals surface area contributed by atoms with Crippen molar-refractivity contribution >= 4 is 41.0 Å². The SMILES string of the molecule is O=C(O)OC1CCOc2cc(Oc3ccc(C(=O)Nc4ccc(-c5ccc(Cl)cc5)nc4)cc3)c(Cl)cc21. The second-order valence-corrected chi connectivity index (χ2v) is 9.19. The van der Waals surface area contributed by atoms with Gasteiger partial charge in [0.1, 0.15) is 23.4 Å². The summed E-state index contributed by atoms with van der Waals surface area (Å²) in [5, 5.41) is 12.7. The largest absolute Gasteiger partial charge is 0.506 e. The number of hydrogen-bond donors (Lipinski definition) is 2. The fourth-order valence-electron chi connectivity index (χ4n) is 3.94. The van der Waals surface area contributed by atoms with E-state index in [2.05, 4.69) is 10.3 Å². The molecule has 0 saturated carbocycles. The third kappa shape index (κ3) is 5.82. The molecular formula is C28H20Cl2N2O6. The average molecular weight is 551 g/mol. The van der Waals surface area contributed by atoms with Crippen molar-refractivity contribution in [3.63, 3.8) is 0 Å². The molecule has 5 rings (SSSR count). The quantitative estimate of drug-likeness (QED) is 0.238. The molecule has 38 heavy (non-hydrogen) atoms. The van der Waals surface area contributed by atoms with Gasteiger partial charge in [-0.15, -0.1) is 0 Å². The zero-order chi connectivity index (χ0) is 26.6. The Morgan fingerprint density at radius 3 is 2.45 bits per heavy atom. The summed E-state index contributed by atoms with van der Waals surface area (Å²) in [6.45, 7) is 0.301. The van der Waals surface area contributed by atoms with Crippen LogP contribution in [0.1, 0.15) is 28.4 Å². The van der Waals surface area contributed by atoms with Gasteiger partial charge in [0.2, 0.25) is 0 Å². The number of anilines is 1. The van der Waals surface area contributed by atoms with Crippen LogP contribution in [0.25, 0.3) is 11.3 Å². The number of nitrogens with zero attached hydrogens (tertiary/aromatic N) is 1. The number of carbonyl (C=O) groups is 2. The lowest BCUT2D eigenvalue weighted by atomic mass is 10.0. The lowest BCUT2D eigenvalue weighted by molar-refractivity contribution is 0.0326. The number of nitrogens with one attached hydrogen (secondary N) is 1. The Bertz CT molecular complexity index is 1480. The molecule has 1 aromatic heterocycles. The fraction of sp³-hybridized carbons (Fsp3) is 0.107. The van der Waals surface area contributed by atoms with E-state index in [1.807, 2.05) is 18.2 Å². The maximum Gasteiger partial charge on any atom is 0.506 e. The van der Waals surface area contributed by atoms with Crippen molar-refractivity contribution in [1.29, 1.82) is 0 Å². The average Bonchev–Trinajstić information content (AvgIpc) is 2.91. The van der Waals surface area contributed by atoms with E-state index < -0.39 is 12.3 Å². The van der Waals surface area contributed by atoms with Crippen molar-refractivity contribution in [1.82, 2.24) is 4.98 Å². The van der Waals surface area contributed by atoms with Crippen LogP contribution in [0.15, 0.2) is 79.0 Å². The number of pyridine rings is 1. The Hall–Kier alpha value is -4.27. The minimum atomic E-state index is -1.37. The molecule has 1 aliphatic rings. The van der Waals surface area contributed by atoms with E-state index in [9.17, 15) is 9.59 Å². The first-order valence-electron chi connectivity index (χ1n) is 11.5. The highest BCUT2D eigenvalue weighted by Gasteiger charge is 2.27. The third-order valence-electron chi connectivity index (χ3n) is 5.80. The molecule has 8 nitrogen and oxygen atoms in total. The molecule has 3 aromatic carbocycles. The van der Waals surface area contributed by atoms with Gasteiger partial charge >= 0.3 is 6.16 Å². The van der Waals surface area contributed by atoms with Crippen LogP contribution in [-0.2, 0) is 4.74 Å². The molecule has 0 radical (unpaired) electrons. The molecule has 4 aromatic rings. The number of benzene rings is 3. The van der Waals surface area contributed by atoms with Gasteiger partial charge in [-0.3, -0.25) is 9.78 Å². The van der Waals surface area contributed by atoms with E-state index in [4.69, 9.17) is 42.5 Å². The molecule has 1 aliphatic heterocycles. The second-order valence-electron chi connectivity index (χ2n) is 8.35. The maximum absolute atomic E-state index is 12.7. The van der Waals surface area contributed by atoms with Gasteiger partial charge in [0.15, 0.2) is 0 Å². The number of carboxylic acid groups (broad SMARTS) is 1. The van der Waals surface area contributed by atoms with Gasteiger partial charge in [0.05, 0.1) is 29.2 Å². The number of fused-ring (bicyclic) bond motifs is 1. The topological polar surface area (TPSA) is 107 Å². The molecule has 1 unspecified atom stereocenters. The minimum Gasteiger partial charge on any atom is -0.493 e. The number of ether oxygens (including phenoxy) is 3. The monoisotopic (exact) mass is 550 g/mol. The smallest absolute Gasteiger partial charge is 0.493 e. The Morgan fingerprint density at radius 2 is 1.76 bits per heavy atom. The van der Waals surface area contributed by atoms with Gasteiger partial charge < -0.3 is 24.6 Å². The number of amides is 1. The molecule has 2 heterocycles. The summed E-state index contributed by atoms with van der Waals surface area (Å²) in [5.41, 5.74) is 3.20. The Kier molecular flexibility index (Phi) is 7.35. The predicted molar refractivity (Wildman–Crippen MR) is 143 cm³/mol. The van der Waals surface area contributed by atoms with Crippen LogP contribution in [0.4, 0.5) is 10.5 Å². The third-order valence-corrected chi connectivity index (χ3v) is 6.34. The summed E-state index contributed by atoms with van der Waals surface area (Å²) in [6, 6.07) is 20.6. The van der Waals surface area contributed by atoms with Gasteiger partial charge in [-0.1, -0.05) is 35.3 Å². The highest BCUT2D eigenvalue weighted by molar-refractivity contribution is 6.32. The van der Waals surface area contributed by atoms with Crippen LogP contribution in [0.2, 0.25) is 10.0 Å². The van der Waals surface area contributed by atoms with Crippen molar-refractivity contribution in [2.24, 2.45) is 0 Å². The van der Waals surface area contributed by atoms with E-state index in [0.29, 0.717) is 52.1 Å². The summed E-state index contributed by atoms with van der Waals surface area (Å²) in [7, 11) is 0. The summed E-state index contributed by atoms with van der Waals surface area (Å²) in [6.07, 6.45) is -0.0490. The lowest BCUT2D eigenvalue weighted by Gasteiger charge is -2.25. The van der Waals surface area contributed by atoms with E-state index in [0.717, 1.165) is 11.3 Å². The number of aromatic nitrogens is 1. The van der Waals surface area contributed by atoms with Gasteiger partial charge in [-0.25, -0.2) is 4.79 Å². The van der Waals surface area contributed by atoms with Crippen LogP contribution in [-0.4, -0.2) is 28.8 Å². The maximum atomic E-state index is 12.7. The zero-order valence-electron chi connectivity index (χ0n) is 19.7. The molecule has 2 N–H and O–H groups in total. The van der Waals surface area contributed by atoms with Crippen molar-refractivity contribution in [2.45, 2.75) is 12.5 Å². The van der Waals surface area contributed by atoms with Crippen molar-refractivity contribution in [2.75, 3.05) is 11.9 Å². The molecule has 0 aliphatic carbocycles. The van der Waals surface area contributed by atoms with E-state index >= 15 is 0 Å². The molecule has 1 amide bonds. The molecule has 1 atom stereocenters. The highest BCUT2D eigenvalue weighted by Crippen LogP contribution is 2.42. The fourth-order valence-corrected chi connectivity index (χ4v) is 4.28. The normalized spacial score (nSPS) is 14.1. The van der Waals surface area contributed by atoms with Crippen molar-refractivity contribution < 1.29 is 28.9 Å². The van der Waals surface area contributed by atoms with Crippen LogP contribution in [0, 0.1) is 0 Å². The second kappa shape index (κ2) is 11.0. The Balaban J connectivity index is 1.24. The van der Waals surface area contributed by atoms with Crippen LogP contribution in [0.5, 0.6) is 17.2 Å². The van der Waals surface area contributed by atoms with Gasteiger partial charge in [-0.2, -0.15) is 0 Å². The Labute approximate surface area is 227 Å². The van der Waals surface area contributed by atoms with E-state index in [1.165, 1.54) is 0 Å². The van der Waals surface area contributed by atoms with Gasteiger partial charge in [0.25, 0.3) is 5.91 Å². The number of hydrogen-bond acceptors (Lipinski definition) is 6. The van der Waals surface area contributed by atoms with Crippen molar-refractivity contribution in [3.05, 3.63) is 100 Å². The lowest BCUT2D eigenvalue weighted by Crippen LogP contribution is -2.18. The first-order chi connectivity index (χ1) is 18.4. The van der Waals surface area contributed by atoms with Crippen LogP contribution >= 0.6 is 23.2 Å². The van der Waals surface area contributed by atoms with Crippen LogP contribution in [0.3, 0.4) is 0 Å². The van der Waals surface area contributed by atoms with E-state index in [-0.39, 0.29) is 10.9 Å². The number of carbonyl (C=O) groups excluding carboxylic acids is 1.